The molecule has 13 heavy (non-hydrogen) atoms. The highest BCUT2D eigenvalue weighted by atomic mass is 127. The van der Waals surface area contributed by atoms with Crippen LogP contribution in [0.25, 0.3) is 20.4 Å². The highest BCUT2D eigenvalue weighted by Crippen LogP contribution is 2.39. The number of benzene rings is 2. The number of hydrogen-bond donors (Lipinski definition) is 0. The van der Waals surface area contributed by atoms with E-state index in [1.54, 1.807) is 0 Å². The Hall–Kier alpha value is -0.830. The summed E-state index contributed by atoms with van der Waals surface area (Å²) in [6, 6.07) is 13.0. The summed E-state index contributed by atoms with van der Waals surface area (Å²) in [5.41, 5.74) is 2.74. The molecule has 62 valence electrons. The molecule has 0 fully saturated rings. The van der Waals surface area contributed by atoms with Crippen LogP contribution in [0.2, 0.25) is 0 Å². The van der Waals surface area contributed by atoms with E-state index in [0.717, 1.165) is 0 Å². The summed E-state index contributed by atoms with van der Waals surface area (Å²) in [5, 5.41) is 2.76. The lowest BCUT2D eigenvalue weighted by Gasteiger charge is -2.00. The van der Waals surface area contributed by atoms with Crippen LogP contribution in [0.5, 0.6) is 0 Å². The third-order valence-electron chi connectivity index (χ3n) is 2.48. The maximum Gasteiger partial charge on any atom is 0.0215 e. The third kappa shape index (κ3) is 0.967. The van der Waals surface area contributed by atoms with Crippen molar-refractivity contribution in [3.63, 3.8) is 0 Å². The summed E-state index contributed by atoms with van der Waals surface area (Å²) < 4.78 is 1.35. The Morgan fingerprint density at radius 3 is 2.54 bits per heavy atom. The minimum atomic E-state index is 1.35. The van der Waals surface area contributed by atoms with Gasteiger partial charge in [0.1, 0.15) is 0 Å². The Kier molecular flexibility index (Phi) is 1.50. The Morgan fingerprint density at radius 2 is 1.69 bits per heavy atom. The first kappa shape index (κ1) is 7.56. The van der Waals surface area contributed by atoms with Crippen molar-refractivity contribution >= 4 is 43.0 Å². The average molecular weight is 278 g/mol. The van der Waals surface area contributed by atoms with E-state index < -0.39 is 0 Å². The molecule has 1 aliphatic rings. The van der Waals surface area contributed by atoms with E-state index in [-0.39, 0.29) is 0 Å². The van der Waals surface area contributed by atoms with Gasteiger partial charge in [-0.3, -0.25) is 0 Å². The smallest absolute Gasteiger partial charge is 0.0215 e. The monoisotopic (exact) mass is 278 g/mol. The van der Waals surface area contributed by atoms with Gasteiger partial charge in [-0.15, -0.1) is 0 Å². The second-order valence-corrected chi connectivity index (χ2v) is 4.41. The molecular formula is C12H7I. The maximum absolute atomic E-state index is 2.40. The van der Waals surface area contributed by atoms with Gasteiger partial charge in [-0.25, -0.2) is 0 Å². The molecule has 0 heterocycles. The van der Waals surface area contributed by atoms with Crippen LogP contribution in [0.15, 0.2) is 36.4 Å². The van der Waals surface area contributed by atoms with Crippen LogP contribution in [0.1, 0.15) is 11.1 Å². The van der Waals surface area contributed by atoms with Crippen LogP contribution < -0.4 is 0 Å². The van der Waals surface area contributed by atoms with Gasteiger partial charge in [-0.1, -0.05) is 36.4 Å². The average Bonchev–Trinajstić information content (AvgIpc) is 2.47. The standard InChI is InChI=1S/C12H7I/c13-11-7-9-5-1-3-8-4-2-6-10(11)12(8)9/h1-7H. The minimum absolute atomic E-state index is 1.35. The summed E-state index contributed by atoms with van der Waals surface area (Å²) in [5.74, 6) is 0. The molecule has 1 aliphatic carbocycles. The van der Waals surface area contributed by atoms with Crippen molar-refractivity contribution in [3.05, 3.63) is 47.5 Å². The zero-order valence-corrected chi connectivity index (χ0v) is 9.08. The molecule has 1 heteroatoms. The summed E-state index contributed by atoms with van der Waals surface area (Å²) in [7, 11) is 0. The zero-order valence-electron chi connectivity index (χ0n) is 6.92. The molecule has 0 saturated carbocycles. The molecule has 3 rings (SSSR count). The number of halogens is 1. The SMILES string of the molecule is IC1=Cc2cccc3cccc1c23. The van der Waals surface area contributed by atoms with Crippen molar-refractivity contribution in [2.45, 2.75) is 0 Å². The summed E-state index contributed by atoms with van der Waals surface area (Å²) >= 11 is 2.40. The Labute approximate surface area is 90.4 Å². The van der Waals surface area contributed by atoms with Crippen molar-refractivity contribution in [3.8, 4) is 0 Å². The molecule has 0 atom stereocenters. The highest BCUT2D eigenvalue weighted by molar-refractivity contribution is 14.1. The van der Waals surface area contributed by atoms with Gasteiger partial charge in [0.25, 0.3) is 0 Å². The van der Waals surface area contributed by atoms with Gasteiger partial charge in [-0.2, -0.15) is 0 Å². The fourth-order valence-electron chi connectivity index (χ4n) is 1.90. The maximum atomic E-state index is 2.40. The van der Waals surface area contributed by atoms with Crippen LogP contribution >= 0.6 is 22.6 Å². The Balaban J connectivity index is 2.59. The van der Waals surface area contributed by atoms with Gasteiger partial charge in [-0.05, 0) is 50.6 Å². The summed E-state index contributed by atoms with van der Waals surface area (Å²) in [6.45, 7) is 0. The molecule has 0 bridgehead atoms. The van der Waals surface area contributed by atoms with Gasteiger partial charge in [0.15, 0.2) is 0 Å². The molecule has 0 amide bonds. The molecule has 2 aromatic rings. The molecule has 0 radical (unpaired) electrons. The molecule has 0 spiro atoms. The number of rotatable bonds is 0. The zero-order chi connectivity index (χ0) is 8.84. The Morgan fingerprint density at radius 1 is 0.923 bits per heavy atom. The quantitative estimate of drug-likeness (QED) is 0.637. The van der Waals surface area contributed by atoms with Crippen LogP contribution in [0, 0.1) is 0 Å². The second-order valence-electron chi connectivity index (χ2n) is 3.24. The fraction of sp³-hybridized carbons (Fsp3) is 0. The van der Waals surface area contributed by atoms with Gasteiger partial charge >= 0.3 is 0 Å². The first-order valence-electron chi connectivity index (χ1n) is 4.25. The third-order valence-corrected chi connectivity index (χ3v) is 3.37. The van der Waals surface area contributed by atoms with E-state index >= 15 is 0 Å². The molecule has 0 unspecified atom stereocenters. The van der Waals surface area contributed by atoms with Crippen LogP contribution in [0.4, 0.5) is 0 Å². The topological polar surface area (TPSA) is 0 Å². The summed E-state index contributed by atoms with van der Waals surface area (Å²) in [6.07, 6.45) is 2.25. The van der Waals surface area contributed by atoms with E-state index in [2.05, 4.69) is 65.1 Å². The van der Waals surface area contributed by atoms with Crippen molar-refractivity contribution < 1.29 is 0 Å². The van der Waals surface area contributed by atoms with Crippen molar-refractivity contribution in [1.29, 1.82) is 0 Å². The first-order valence-corrected chi connectivity index (χ1v) is 5.33. The van der Waals surface area contributed by atoms with Gasteiger partial charge < -0.3 is 0 Å². The predicted octanol–water partition coefficient (Wildman–Crippen LogP) is 4.09. The van der Waals surface area contributed by atoms with E-state index in [4.69, 9.17) is 0 Å². The van der Waals surface area contributed by atoms with Gasteiger partial charge in [0.05, 0.1) is 0 Å². The number of hydrogen-bond acceptors (Lipinski definition) is 0. The minimum Gasteiger partial charge on any atom is -0.0610 e. The second kappa shape index (κ2) is 2.58. The van der Waals surface area contributed by atoms with Crippen LogP contribution in [-0.2, 0) is 0 Å². The first-order chi connectivity index (χ1) is 6.36. The molecule has 0 N–H and O–H groups in total. The van der Waals surface area contributed by atoms with Crippen molar-refractivity contribution in [1.82, 2.24) is 0 Å². The normalized spacial score (nSPS) is 13.5. The van der Waals surface area contributed by atoms with Crippen molar-refractivity contribution in [2.75, 3.05) is 0 Å². The Bertz CT molecular complexity index is 518. The van der Waals surface area contributed by atoms with E-state index in [9.17, 15) is 0 Å². The molecular weight excluding hydrogens is 271 g/mol. The lowest BCUT2D eigenvalue weighted by molar-refractivity contribution is 1.72. The van der Waals surface area contributed by atoms with Crippen LogP contribution in [0.3, 0.4) is 0 Å². The fourth-order valence-corrected chi connectivity index (χ4v) is 2.69. The van der Waals surface area contributed by atoms with E-state index in [0.29, 0.717) is 0 Å². The largest absolute Gasteiger partial charge is 0.0610 e. The van der Waals surface area contributed by atoms with Gasteiger partial charge in [0.2, 0.25) is 0 Å². The predicted molar refractivity (Wildman–Crippen MR) is 65.8 cm³/mol. The molecule has 0 aromatic heterocycles. The molecule has 0 aliphatic heterocycles. The van der Waals surface area contributed by atoms with E-state index in [1.807, 2.05) is 0 Å². The van der Waals surface area contributed by atoms with Crippen LogP contribution in [-0.4, -0.2) is 0 Å². The van der Waals surface area contributed by atoms with Crippen molar-refractivity contribution in [2.24, 2.45) is 0 Å². The molecule has 2 aromatic carbocycles. The van der Waals surface area contributed by atoms with Gasteiger partial charge in [0, 0.05) is 3.58 Å². The lowest BCUT2D eigenvalue weighted by atomic mass is 10.0. The summed E-state index contributed by atoms with van der Waals surface area (Å²) in [4.78, 5) is 0. The lowest BCUT2D eigenvalue weighted by Crippen LogP contribution is -1.77. The molecule has 0 saturated heterocycles. The molecule has 0 nitrogen and oxygen atoms in total. The highest BCUT2D eigenvalue weighted by Gasteiger charge is 2.12. The van der Waals surface area contributed by atoms with E-state index in [1.165, 1.54) is 25.5 Å².